The Bertz CT molecular complexity index is 653. The molecule has 25 heavy (non-hydrogen) atoms. The minimum Gasteiger partial charge on any atom is -0.373 e. The summed E-state index contributed by atoms with van der Waals surface area (Å²) in [6, 6.07) is 0. The normalized spacial score (nSPS) is 22.0. The average Bonchev–Trinajstić information content (AvgIpc) is 2.79. The van der Waals surface area contributed by atoms with Gasteiger partial charge in [0, 0.05) is 36.4 Å². The Labute approximate surface area is 150 Å². The molecule has 0 radical (unpaired) electrons. The van der Waals surface area contributed by atoms with Crippen LogP contribution in [0.5, 0.6) is 0 Å². The summed E-state index contributed by atoms with van der Waals surface area (Å²) in [5.41, 5.74) is 2.36. The highest BCUT2D eigenvalue weighted by molar-refractivity contribution is 6.02. The molecule has 2 heterocycles. The average molecular weight is 349 g/mol. The van der Waals surface area contributed by atoms with Crippen molar-refractivity contribution < 1.29 is 14.3 Å². The summed E-state index contributed by atoms with van der Waals surface area (Å²) in [7, 11) is 0. The van der Waals surface area contributed by atoms with Gasteiger partial charge in [0.05, 0.1) is 12.2 Å². The van der Waals surface area contributed by atoms with Gasteiger partial charge in [-0.2, -0.15) is 0 Å². The number of carbonyl (C=O) groups is 2. The Kier molecular flexibility index (Phi) is 5.74. The summed E-state index contributed by atoms with van der Waals surface area (Å²) >= 11 is 0. The fourth-order valence-electron chi connectivity index (χ4n) is 3.67. The summed E-state index contributed by atoms with van der Waals surface area (Å²) < 4.78 is 5.79. The molecule has 0 aliphatic carbocycles. The first-order valence-electron chi connectivity index (χ1n) is 8.91. The van der Waals surface area contributed by atoms with E-state index >= 15 is 0 Å². The first kappa shape index (κ1) is 19.7. The number of hydrogen-bond acceptors (Lipinski definition) is 4. The van der Waals surface area contributed by atoms with Gasteiger partial charge in [0.15, 0.2) is 5.78 Å². The van der Waals surface area contributed by atoms with Crippen LogP contribution in [0.4, 0.5) is 0 Å². The Morgan fingerprint density at radius 1 is 1.24 bits per heavy atom. The van der Waals surface area contributed by atoms with Crippen LogP contribution in [-0.4, -0.2) is 59.0 Å². The largest absolute Gasteiger partial charge is 0.373 e. The van der Waals surface area contributed by atoms with Gasteiger partial charge in [-0.15, -0.1) is 0 Å². The molecule has 2 N–H and O–H groups in total. The minimum absolute atomic E-state index is 0.0260. The molecule has 0 bridgehead atoms. The van der Waals surface area contributed by atoms with Crippen molar-refractivity contribution in [2.75, 3.05) is 19.6 Å². The fraction of sp³-hybridized carbons (Fsp3) is 0.684. The quantitative estimate of drug-likeness (QED) is 0.801. The smallest absolute Gasteiger partial charge is 0.268 e. The first-order valence-corrected chi connectivity index (χ1v) is 8.91. The van der Waals surface area contributed by atoms with Gasteiger partial charge in [-0.05, 0) is 54.0 Å². The molecule has 2 rings (SSSR count). The van der Waals surface area contributed by atoms with Gasteiger partial charge in [0.25, 0.3) is 5.91 Å². The number of ketones is 1. The predicted molar refractivity (Wildman–Crippen MR) is 98.3 cm³/mol. The zero-order valence-corrected chi connectivity index (χ0v) is 16.4. The van der Waals surface area contributed by atoms with Crippen LogP contribution in [0.25, 0.3) is 0 Å². The number of Topliss-reactive ketones (excluding diaryl/α,β-unsaturated/α-hetero) is 1. The standard InChI is InChI=1S/C19H31N3O3/c1-11-8-22(9-12(2)25-11)19(6,7)10-20-18(24)17-13(3)16(15(5)23)14(4)21-17/h11-12,21H,8-10H2,1-7H3,(H,20,24)/t11-,12-/m0/s1. The van der Waals surface area contributed by atoms with Gasteiger partial charge in [0.2, 0.25) is 0 Å². The molecule has 1 saturated heterocycles. The van der Waals surface area contributed by atoms with Crippen molar-refractivity contribution in [3.63, 3.8) is 0 Å². The van der Waals surface area contributed by atoms with Crippen LogP contribution >= 0.6 is 0 Å². The molecule has 1 fully saturated rings. The van der Waals surface area contributed by atoms with Gasteiger partial charge in [-0.1, -0.05) is 0 Å². The third-order valence-corrected chi connectivity index (χ3v) is 4.97. The zero-order valence-electron chi connectivity index (χ0n) is 16.4. The summed E-state index contributed by atoms with van der Waals surface area (Å²) in [5, 5.41) is 3.02. The summed E-state index contributed by atoms with van der Waals surface area (Å²) in [5.74, 6) is -0.197. The SMILES string of the molecule is CC(=O)c1c(C)[nH]c(C(=O)NCC(C)(C)N2C[C@H](C)O[C@@H](C)C2)c1C. The van der Waals surface area contributed by atoms with Gasteiger partial charge >= 0.3 is 0 Å². The molecule has 1 amide bonds. The topological polar surface area (TPSA) is 74.4 Å². The molecule has 1 aromatic rings. The fourth-order valence-corrected chi connectivity index (χ4v) is 3.67. The highest BCUT2D eigenvalue weighted by Gasteiger charge is 2.33. The van der Waals surface area contributed by atoms with Crippen LogP contribution in [0.1, 0.15) is 66.7 Å². The molecule has 2 atom stereocenters. The number of aryl methyl sites for hydroxylation is 1. The van der Waals surface area contributed by atoms with Gasteiger partial charge in [-0.3, -0.25) is 14.5 Å². The van der Waals surface area contributed by atoms with Crippen LogP contribution in [0.3, 0.4) is 0 Å². The maximum atomic E-state index is 12.6. The lowest BCUT2D eigenvalue weighted by molar-refractivity contribution is -0.0948. The van der Waals surface area contributed by atoms with Crippen molar-refractivity contribution in [1.82, 2.24) is 15.2 Å². The first-order chi connectivity index (χ1) is 11.5. The molecule has 6 heteroatoms. The van der Waals surface area contributed by atoms with Gasteiger partial charge in [0.1, 0.15) is 5.69 Å². The number of aromatic nitrogens is 1. The highest BCUT2D eigenvalue weighted by atomic mass is 16.5. The van der Waals surface area contributed by atoms with Crippen LogP contribution < -0.4 is 5.32 Å². The number of morpholine rings is 1. The molecule has 1 aromatic heterocycles. The second kappa shape index (κ2) is 7.30. The van der Waals surface area contributed by atoms with E-state index in [1.165, 1.54) is 6.92 Å². The predicted octanol–water partition coefficient (Wildman–Crippen LogP) is 2.45. The van der Waals surface area contributed by atoms with Crippen molar-refractivity contribution >= 4 is 11.7 Å². The Morgan fingerprint density at radius 3 is 2.28 bits per heavy atom. The molecule has 0 unspecified atom stereocenters. The lowest BCUT2D eigenvalue weighted by Gasteiger charge is -2.45. The third-order valence-electron chi connectivity index (χ3n) is 4.97. The molecule has 140 valence electrons. The third kappa shape index (κ3) is 4.30. The van der Waals surface area contributed by atoms with Crippen molar-refractivity contribution in [2.24, 2.45) is 0 Å². The summed E-state index contributed by atoms with van der Waals surface area (Å²) in [6.45, 7) is 15.8. The Balaban J connectivity index is 2.06. The number of nitrogens with one attached hydrogen (secondary N) is 2. The van der Waals surface area contributed by atoms with Crippen LogP contribution in [-0.2, 0) is 4.74 Å². The van der Waals surface area contributed by atoms with Crippen molar-refractivity contribution in [1.29, 1.82) is 0 Å². The molecule has 0 spiro atoms. The van der Waals surface area contributed by atoms with E-state index in [1.807, 2.05) is 13.8 Å². The Morgan fingerprint density at radius 2 is 1.80 bits per heavy atom. The second-order valence-electron chi connectivity index (χ2n) is 7.84. The van der Waals surface area contributed by atoms with E-state index in [0.717, 1.165) is 18.8 Å². The lowest BCUT2D eigenvalue weighted by atomic mass is 10.00. The van der Waals surface area contributed by atoms with Crippen LogP contribution in [0.15, 0.2) is 0 Å². The lowest BCUT2D eigenvalue weighted by Crippen LogP contribution is -2.58. The van der Waals surface area contributed by atoms with Crippen LogP contribution in [0, 0.1) is 13.8 Å². The van der Waals surface area contributed by atoms with Gasteiger partial charge in [-0.25, -0.2) is 0 Å². The molecule has 1 aliphatic heterocycles. The molecular weight excluding hydrogens is 318 g/mol. The summed E-state index contributed by atoms with van der Waals surface area (Å²) in [6.07, 6.45) is 0.371. The van der Waals surface area contributed by atoms with E-state index in [0.29, 0.717) is 23.4 Å². The number of hydrogen-bond donors (Lipinski definition) is 2. The number of ether oxygens (including phenoxy) is 1. The minimum atomic E-state index is -0.180. The van der Waals surface area contributed by atoms with Crippen LogP contribution in [0.2, 0.25) is 0 Å². The molecule has 0 saturated carbocycles. The van der Waals surface area contributed by atoms with E-state index < -0.39 is 0 Å². The van der Waals surface area contributed by atoms with E-state index in [9.17, 15) is 9.59 Å². The van der Waals surface area contributed by atoms with E-state index in [2.05, 4.69) is 42.9 Å². The highest BCUT2D eigenvalue weighted by Crippen LogP contribution is 2.22. The van der Waals surface area contributed by atoms with Gasteiger partial charge < -0.3 is 15.0 Å². The number of rotatable bonds is 5. The molecular formula is C19H31N3O3. The monoisotopic (exact) mass is 349 g/mol. The second-order valence-corrected chi connectivity index (χ2v) is 7.84. The number of H-pyrrole nitrogens is 1. The maximum Gasteiger partial charge on any atom is 0.268 e. The van der Waals surface area contributed by atoms with E-state index in [4.69, 9.17) is 4.74 Å². The number of nitrogens with zero attached hydrogens (tertiary/aromatic N) is 1. The molecule has 6 nitrogen and oxygen atoms in total. The van der Waals surface area contributed by atoms with E-state index in [1.54, 1.807) is 0 Å². The number of aromatic amines is 1. The zero-order chi connectivity index (χ0) is 18.9. The van der Waals surface area contributed by atoms with Crippen molar-refractivity contribution in [3.05, 3.63) is 22.5 Å². The number of carbonyl (C=O) groups excluding carboxylic acids is 2. The maximum absolute atomic E-state index is 12.6. The molecule has 0 aromatic carbocycles. The Hall–Kier alpha value is -1.66. The summed E-state index contributed by atoms with van der Waals surface area (Å²) in [4.78, 5) is 29.8. The van der Waals surface area contributed by atoms with Crippen molar-refractivity contribution in [3.8, 4) is 0 Å². The molecule has 1 aliphatic rings. The number of amides is 1. The van der Waals surface area contributed by atoms with Crippen molar-refractivity contribution in [2.45, 2.75) is 66.2 Å². The van der Waals surface area contributed by atoms with E-state index in [-0.39, 0.29) is 29.4 Å².